The molecule has 0 aliphatic rings. The highest BCUT2D eigenvalue weighted by molar-refractivity contribution is 7.92. The molecule has 0 aliphatic carbocycles. The molecule has 8 heteroatoms. The van der Waals surface area contributed by atoms with Gasteiger partial charge in [-0.1, -0.05) is 48.0 Å². The second kappa shape index (κ2) is 9.11. The van der Waals surface area contributed by atoms with Gasteiger partial charge >= 0.3 is 0 Å². The molecule has 0 saturated carbocycles. The smallest absolute Gasteiger partial charge is 0.264 e. The number of benzene rings is 3. The minimum absolute atomic E-state index is 0.0522. The summed E-state index contributed by atoms with van der Waals surface area (Å²) in [5, 5.41) is 2.99. The Hall–Kier alpha value is -3.16. The van der Waals surface area contributed by atoms with Crippen LogP contribution in [0, 0.1) is 0 Å². The van der Waals surface area contributed by atoms with Gasteiger partial charge in [0, 0.05) is 16.3 Å². The van der Waals surface area contributed by atoms with Crippen LogP contribution in [0.3, 0.4) is 0 Å². The summed E-state index contributed by atoms with van der Waals surface area (Å²) in [5.74, 6) is -0.700. The van der Waals surface area contributed by atoms with Gasteiger partial charge in [-0.05, 0) is 49.4 Å². The van der Waals surface area contributed by atoms with E-state index in [1.807, 2.05) is 0 Å². The highest BCUT2D eigenvalue weighted by Crippen LogP contribution is 2.26. The number of sulfonamides is 1. The van der Waals surface area contributed by atoms with Crippen LogP contribution in [0.2, 0.25) is 5.02 Å². The Bertz CT molecular complexity index is 1180. The molecule has 0 unspecified atom stereocenters. The van der Waals surface area contributed by atoms with E-state index in [9.17, 15) is 18.0 Å². The van der Waals surface area contributed by atoms with Crippen molar-refractivity contribution in [3.63, 3.8) is 0 Å². The van der Waals surface area contributed by atoms with Crippen molar-refractivity contribution in [2.45, 2.75) is 11.8 Å². The second-order valence-corrected chi connectivity index (χ2v) is 8.79. The number of Topliss-reactive ketones (excluding diaryl/α,β-unsaturated/α-hetero) is 1. The van der Waals surface area contributed by atoms with E-state index in [0.29, 0.717) is 16.3 Å². The molecular weight excluding hydrogens is 424 g/mol. The number of halogens is 1. The van der Waals surface area contributed by atoms with Crippen molar-refractivity contribution in [1.82, 2.24) is 0 Å². The highest BCUT2D eigenvalue weighted by atomic mass is 35.5. The average Bonchev–Trinajstić information content (AvgIpc) is 2.72. The van der Waals surface area contributed by atoms with E-state index in [4.69, 9.17) is 11.6 Å². The summed E-state index contributed by atoms with van der Waals surface area (Å²) in [4.78, 5) is 24.3. The molecule has 3 aromatic carbocycles. The van der Waals surface area contributed by atoms with Gasteiger partial charge in [0.2, 0.25) is 5.91 Å². The van der Waals surface area contributed by atoms with E-state index in [-0.39, 0.29) is 16.4 Å². The van der Waals surface area contributed by atoms with Crippen molar-refractivity contribution in [3.8, 4) is 0 Å². The molecule has 3 aromatic rings. The number of hydrogen-bond donors (Lipinski definition) is 1. The molecule has 0 atom stereocenters. The molecule has 0 aliphatic heterocycles. The Morgan fingerprint density at radius 3 is 2.30 bits per heavy atom. The highest BCUT2D eigenvalue weighted by Gasteiger charge is 2.27. The zero-order valence-corrected chi connectivity index (χ0v) is 17.7. The largest absolute Gasteiger partial charge is 0.324 e. The van der Waals surface area contributed by atoms with Gasteiger partial charge in [-0.25, -0.2) is 8.42 Å². The van der Waals surface area contributed by atoms with Gasteiger partial charge < -0.3 is 5.32 Å². The topological polar surface area (TPSA) is 83.6 Å². The monoisotopic (exact) mass is 442 g/mol. The predicted molar refractivity (Wildman–Crippen MR) is 118 cm³/mol. The molecule has 3 rings (SSSR count). The number of nitrogens with one attached hydrogen (secondary N) is 1. The molecule has 0 bridgehead atoms. The molecular formula is C22H19ClN2O4S. The number of hydrogen-bond acceptors (Lipinski definition) is 4. The van der Waals surface area contributed by atoms with Crippen molar-refractivity contribution in [2.24, 2.45) is 0 Å². The standard InChI is InChI=1S/C22H19ClN2O4S/c1-16(26)17-7-5-9-19(13-17)24-22(27)15-25(20-10-6-8-18(23)14-20)30(28,29)21-11-3-2-4-12-21/h2-14H,15H2,1H3,(H,24,27). The normalized spacial score (nSPS) is 11.0. The molecule has 0 fully saturated rings. The molecule has 0 aromatic heterocycles. The Morgan fingerprint density at radius 1 is 0.933 bits per heavy atom. The van der Waals surface area contributed by atoms with Crippen molar-refractivity contribution >= 4 is 44.7 Å². The molecule has 154 valence electrons. The van der Waals surface area contributed by atoms with Crippen LogP contribution in [-0.2, 0) is 14.8 Å². The van der Waals surface area contributed by atoms with E-state index >= 15 is 0 Å². The summed E-state index contributed by atoms with van der Waals surface area (Å²) in [7, 11) is -4.02. The van der Waals surface area contributed by atoms with E-state index < -0.39 is 22.5 Å². The van der Waals surface area contributed by atoms with Crippen molar-refractivity contribution < 1.29 is 18.0 Å². The van der Waals surface area contributed by atoms with Crippen LogP contribution >= 0.6 is 11.6 Å². The quantitative estimate of drug-likeness (QED) is 0.550. The summed E-state index contributed by atoms with van der Waals surface area (Å²) >= 11 is 6.04. The van der Waals surface area contributed by atoms with Crippen LogP contribution in [0.1, 0.15) is 17.3 Å². The van der Waals surface area contributed by atoms with Crippen molar-refractivity contribution in [3.05, 3.63) is 89.4 Å². The number of carbonyl (C=O) groups is 2. The fourth-order valence-corrected chi connectivity index (χ4v) is 4.43. The molecule has 0 heterocycles. The third kappa shape index (κ3) is 5.06. The van der Waals surface area contributed by atoms with Crippen molar-refractivity contribution in [2.75, 3.05) is 16.2 Å². The number of ketones is 1. The maximum Gasteiger partial charge on any atom is 0.264 e. The van der Waals surface area contributed by atoms with E-state index in [0.717, 1.165) is 4.31 Å². The zero-order chi connectivity index (χ0) is 21.7. The van der Waals surface area contributed by atoms with E-state index in [1.165, 1.54) is 31.2 Å². The van der Waals surface area contributed by atoms with Gasteiger partial charge in [-0.2, -0.15) is 0 Å². The van der Waals surface area contributed by atoms with Crippen LogP contribution in [0.25, 0.3) is 0 Å². The van der Waals surface area contributed by atoms with Gasteiger partial charge in [-0.3, -0.25) is 13.9 Å². The lowest BCUT2D eigenvalue weighted by atomic mass is 10.1. The first-order chi connectivity index (χ1) is 14.3. The second-order valence-electron chi connectivity index (χ2n) is 6.49. The first kappa shape index (κ1) is 21.5. The Balaban J connectivity index is 1.92. The molecule has 6 nitrogen and oxygen atoms in total. The Labute approximate surface area is 180 Å². The maximum absolute atomic E-state index is 13.2. The first-order valence-corrected chi connectivity index (χ1v) is 10.8. The predicted octanol–water partition coefficient (Wildman–Crippen LogP) is 4.38. The van der Waals surface area contributed by atoms with Crippen LogP contribution < -0.4 is 9.62 Å². The fourth-order valence-electron chi connectivity index (χ4n) is 2.81. The zero-order valence-electron chi connectivity index (χ0n) is 16.1. The fraction of sp³-hybridized carbons (Fsp3) is 0.0909. The van der Waals surface area contributed by atoms with Gasteiger partial charge in [-0.15, -0.1) is 0 Å². The van der Waals surface area contributed by atoms with Crippen LogP contribution in [-0.4, -0.2) is 26.7 Å². The molecule has 0 radical (unpaired) electrons. The molecule has 0 spiro atoms. The minimum Gasteiger partial charge on any atom is -0.324 e. The summed E-state index contributed by atoms with van der Waals surface area (Å²) < 4.78 is 27.5. The van der Waals surface area contributed by atoms with E-state index in [1.54, 1.807) is 54.6 Å². The first-order valence-electron chi connectivity index (χ1n) is 9.01. The Kier molecular flexibility index (Phi) is 6.54. The molecule has 1 amide bonds. The lowest BCUT2D eigenvalue weighted by Crippen LogP contribution is -2.38. The third-order valence-electron chi connectivity index (χ3n) is 4.27. The number of carbonyl (C=O) groups excluding carboxylic acids is 2. The van der Waals surface area contributed by atoms with E-state index in [2.05, 4.69) is 5.32 Å². The number of amides is 1. The lowest BCUT2D eigenvalue weighted by molar-refractivity contribution is -0.114. The van der Waals surface area contributed by atoms with Gasteiger partial charge in [0.15, 0.2) is 5.78 Å². The number of nitrogens with zero attached hydrogens (tertiary/aromatic N) is 1. The third-order valence-corrected chi connectivity index (χ3v) is 6.29. The summed E-state index contributed by atoms with van der Waals surface area (Å²) in [6.07, 6.45) is 0. The molecule has 30 heavy (non-hydrogen) atoms. The van der Waals surface area contributed by atoms with Gasteiger partial charge in [0.1, 0.15) is 6.54 Å². The maximum atomic E-state index is 13.2. The van der Waals surface area contributed by atoms with Crippen LogP contribution in [0.4, 0.5) is 11.4 Å². The van der Waals surface area contributed by atoms with Crippen LogP contribution in [0.15, 0.2) is 83.8 Å². The molecule has 1 N–H and O–H groups in total. The lowest BCUT2D eigenvalue weighted by Gasteiger charge is -2.24. The number of anilines is 2. The SMILES string of the molecule is CC(=O)c1cccc(NC(=O)CN(c2cccc(Cl)c2)S(=O)(=O)c2ccccc2)c1. The summed E-state index contributed by atoms with van der Waals surface area (Å²) in [5.41, 5.74) is 1.10. The number of rotatable bonds is 7. The van der Waals surface area contributed by atoms with Gasteiger partial charge in [0.05, 0.1) is 10.6 Å². The molecule has 0 saturated heterocycles. The van der Waals surface area contributed by atoms with Crippen LogP contribution in [0.5, 0.6) is 0 Å². The van der Waals surface area contributed by atoms with Gasteiger partial charge in [0.25, 0.3) is 10.0 Å². The van der Waals surface area contributed by atoms with Crippen molar-refractivity contribution in [1.29, 1.82) is 0 Å². The summed E-state index contributed by atoms with van der Waals surface area (Å²) in [6, 6.07) is 20.5. The average molecular weight is 443 g/mol. The Morgan fingerprint density at radius 2 is 1.63 bits per heavy atom. The summed E-state index contributed by atoms with van der Waals surface area (Å²) in [6.45, 7) is 0.954. The minimum atomic E-state index is -4.02.